The largest absolute Gasteiger partial charge is 0.476 e. The van der Waals surface area contributed by atoms with Crippen LogP contribution in [0.5, 0.6) is 11.6 Å². The van der Waals surface area contributed by atoms with Crippen LogP contribution in [0, 0.1) is 5.41 Å². The molecule has 2 aromatic carbocycles. The van der Waals surface area contributed by atoms with E-state index >= 15 is 0 Å². The van der Waals surface area contributed by atoms with Crippen molar-refractivity contribution in [1.82, 2.24) is 24.6 Å². The number of nitrogen functional groups attached to an aromatic ring is 1. The number of aliphatic hydroxyl groups excluding tert-OH is 1. The van der Waals surface area contributed by atoms with Crippen molar-refractivity contribution < 1.29 is 42.8 Å². The van der Waals surface area contributed by atoms with E-state index in [1.807, 2.05) is 45.0 Å². The van der Waals surface area contributed by atoms with E-state index in [4.69, 9.17) is 29.0 Å². The number of nitrogens with two attached hydrogens (primary N) is 1. The van der Waals surface area contributed by atoms with Crippen molar-refractivity contribution in [2.75, 3.05) is 25.6 Å². The van der Waals surface area contributed by atoms with E-state index in [2.05, 4.69) is 20.0 Å². The first-order valence-corrected chi connectivity index (χ1v) is 16.7. The van der Waals surface area contributed by atoms with Crippen molar-refractivity contribution in [3.63, 3.8) is 0 Å². The highest BCUT2D eigenvalue weighted by molar-refractivity contribution is 7.52. The van der Waals surface area contributed by atoms with Crippen LogP contribution in [-0.4, -0.2) is 79.4 Å². The number of anilines is 1. The summed E-state index contributed by atoms with van der Waals surface area (Å²) in [7, 11) is -4.38. The fourth-order valence-corrected chi connectivity index (χ4v) is 6.58. The Bertz CT molecular complexity index is 1790. The van der Waals surface area contributed by atoms with Crippen LogP contribution in [0.15, 0.2) is 48.8 Å². The fraction of sp³-hybridized carbons (Fsp3) is 0.484. The Morgan fingerprint density at radius 2 is 1.94 bits per heavy atom. The average molecular weight is 673 g/mol. The first kappa shape index (κ1) is 34.5. The maximum absolute atomic E-state index is 14.4. The lowest BCUT2D eigenvalue weighted by molar-refractivity contribution is -0.148. The van der Waals surface area contributed by atoms with Gasteiger partial charge in [-0.15, -0.1) is 0 Å². The first-order chi connectivity index (χ1) is 22.1. The summed E-state index contributed by atoms with van der Waals surface area (Å²) in [5.41, 5.74) is 4.19. The van der Waals surface area contributed by atoms with Gasteiger partial charge in [-0.2, -0.15) is 15.1 Å². The van der Waals surface area contributed by atoms with E-state index in [1.165, 1.54) is 24.7 Å². The molecule has 4 aromatic rings. The number of hydrogen-bond acceptors (Lipinski definition) is 13. The van der Waals surface area contributed by atoms with Gasteiger partial charge in [0.15, 0.2) is 17.4 Å². The molecule has 0 bridgehead atoms. The van der Waals surface area contributed by atoms with Crippen LogP contribution >= 0.6 is 7.75 Å². The number of hydrogen-bond donors (Lipinski definition) is 4. The molecule has 0 saturated carbocycles. The molecule has 0 spiro atoms. The number of nitrogens with one attached hydrogen (secondary N) is 1. The number of ether oxygens (including phenoxy) is 3. The van der Waals surface area contributed by atoms with Crippen molar-refractivity contribution in [3.05, 3.63) is 48.8 Å². The lowest BCUT2D eigenvalue weighted by Gasteiger charge is -2.27. The Hall–Kier alpha value is -3.85. The summed E-state index contributed by atoms with van der Waals surface area (Å²) in [6.07, 6.45) is -2.61. The predicted molar refractivity (Wildman–Crippen MR) is 173 cm³/mol. The number of nitrogens with zero attached hydrogens (tertiary/aromatic N) is 4. The Kier molecular flexibility index (Phi) is 9.79. The molecule has 15 nitrogen and oxygen atoms in total. The minimum Gasteiger partial charge on any atom is -0.476 e. The highest BCUT2D eigenvalue weighted by Crippen LogP contribution is 2.48. The molecule has 2 unspecified atom stereocenters. The Balaban J connectivity index is 1.40. The second-order valence-corrected chi connectivity index (χ2v) is 14.4. The number of imidazole rings is 1. The lowest BCUT2D eigenvalue weighted by atomic mass is 9.96. The van der Waals surface area contributed by atoms with Crippen molar-refractivity contribution in [2.45, 2.75) is 71.6 Å². The third kappa shape index (κ3) is 7.51. The summed E-state index contributed by atoms with van der Waals surface area (Å²) < 4.78 is 44.6. The molecule has 0 radical (unpaired) electrons. The second kappa shape index (κ2) is 13.3. The molecule has 3 heterocycles. The SMILES string of the molecule is CCOc1nc(N)nc2c1ncn2C1O[C@H](COP(=O)(N[C@@H](C)C(=O)OCC(C)(C)C)Oc2cccc3ccccc23)[C@@H](O)[C@@]1(C)O. The van der Waals surface area contributed by atoms with Crippen LogP contribution in [0.2, 0.25) is 0 Å². The van der Waals surface area contributed by atoms with E-state index in [0.29, 0.717) is 12.0 Å². The van der Waals surface area contributed by atoms with E-state index in [-0.39, 0.29) is 40.8 Å². The van der Waals surface area contributed by atoms with Gasteiger partial charge in [-0.3, -0.25) is 13.9 Å². The normalized spacial score (nSPS) is 23.4. The zero-order valence-electron chi connectivity index (χ0n) is 27.1. The van der Waals surface area contributed by atoms with Gasteiger partial charge in [0.25, 0.3) is 0 Å². The van der Waals surface area contributed by atoms with Gasteiger partial charge in [0.05, 0.1) is 26.1 Å². The number of esters is 1. The third-order valence-electron chi connectivity index (χ3n) is 7.42. The maximum Gasteiger partial charge on any atom is 0.459 e. The molecule has 5 rings (SSSR count). The van der Waals surface area contributed by atoms with Gasteiger partial charge in [0.1, 0.15) is 29.6 Å². The van der Waals surface area contributed by atoms with Gasteiger partial charge in [-0.05, 0) is 37.6 Å². The van der Waals surface area contributed by atoms with Gasteiger partial charge in [0, 0.05) is 5.39 Å². The maximum atomic E-state index is 14.4. The van der Waals surface area contributed by atoms with Gasteiger partial charge < -0.3 is 34.7 Å². The highest BCUT2D eigenvalue weighted by atomic mass is 31.2. The minimum absolute atomic E-state index is 0.0893. The molecule has 6 atom stereocenters. The van der Waals surface area contributed by atoms with Crippen LogP contribution in [0.3, 0.4) is 0 Å². The fourth-order valence-electron chi connectivity index (χ4n) is 5.06. The lowest BCUT2D eigenvalue weighted by Crippen LogP contribution is -2.44. The first-order valence-electron chi connectivity index (χ1n) is 15.2. The molecule has 16 heteroatoms. The predicted octanol–water partition coefficient (Wildman–Crippen LogP) is 3.74. The van der Waals surface area contributed by atoms with Crippen molar-refractivity contribution in [2.24, 2.45) is 5.41 Å². The average Bonchev–Trinajstić information content (AvgIpc) is 3.52. The van der Waals surface area contributed by atoms with Crippen molar-refractivity contribution >= 4 is 41.6 Å². The second-order valence-electron chi connectivity index (χ2n) is 12.7. The smallest absolute Gasteiger partial charge is 0.459 e. The quantitative estimate of drug-likeness (QED) is 0.125. The molecule has 5 N–H and O–H groups in total. The number of carbonyl (C=O) groups is 1. The summed E-state index contributed by atoms with van der Waals surface area (Å²) in [5.74, 6) is -0.364. The molecule has 1 fully saturated rings. The standard InChI is InChI=1S/C31H41N6O9P/c1-7-42-26-23-25(34-29(32)35-26)37(17-33-23)28-31(6,40)24(38)22(45-28)15-44-47(41,36-18(2)27(39)43-16-30(3,4)5)46-21-14-10-12-19-11-8-9-13-20(19)21/h8-14,17-18,22,24,28,38,40H,7,15-16H2,1-6H3,(H,36,41)(H2,32,34,35)/t18-,22+,24+,28?,31+,47?/m0/s1. The van der Waals surface area contributed by atoms with E-state index in [0.717, 1.165) is 5.39 Å². The Morgan fingerprint density at radius 1 is 1.21 bits per heavy atom. The Morgan fingerprint density at radius 3 is 2.66 bits per heavy atom. The molecule has 2 aromatic heterocycles. The van der Waals surface area contributed by atoms with Gasteiger partial charge in [0.2, 0.25) is 11.8 Å². The van der Waals surface area contributed by atoms with E-state index < -0.39 is 50.4 Å². The zero-order valence-corrected chi connectivity index (χ0v) is 28.0. The molecule has 47 heavy (non-hydrogen) atoms. The van der Waals surface area contributed by atoms with Gasteiger partial charge in [-0.25, -0.2) is 9.55 Å². The number of fused-ring (bicyclic) bond motifs is 2. The minimum atomic E-state index is -4.38. The number of rotatable bonds is 12. The number of benzene rings is 2. The van der Waals surface area contributed by atoms with Gasteiger partial charge >= 0.3 is 13.7 Å². The van der Waals surface area contributed by atoms with Crippen molar-refractivity contribution in [1.29, 1.82) is 0 Å². The van der Waals surface area contributed by atoms with Crippen LogP contribution < -0.4 is 20.1 Å². The molecule has 1 aliphatic rings. The molecule has 254 valence electrons. The molecular weight excluding hydrogens is 631 g/mol. The molecule has 0 aliphatic carbocycles. The molecule has 1 saturated heterocycles. The van der Waals surface area contributed by atoms with Crippen LogP contribution in [0.4, 0.5) is 5.95 Å². The highest BCUT2D eigenvalue weighted by Gasteiger charge is 2.54. The summed E-state index contributed by atoms with van der Waals surface area (Å²) >= 11 is 0. The number of aliphatic hydroxyl groups is 2. The van der Waals surface area contributed by atoms with Crippen LogP contribution in [0.1, 0.15) is 47.8 Å². The summed E-state index contributed by atoms with van der Waals surface area (Å²) in [6, 6.07) is 11.5. The van der Waals surface area contributed by atoms with Crippen molar-refractivity contribution in [3.8, 4) is 11.6 Å². The molecule has 1 aliphatic heterocycles. The zero-order chi connectivity index (χ0) is 34.1. The summed E-state index contributed by atoms with van der Waals surface area (Å²) in [5, 5.41) is 26.8. The molecule has 0 amide bonds. The van der Waals surface area contributed by atoms with E-state index in [9.17, 15) is 19.6 Å². The van der Waals surface area contributed by atoms with Crippen LogP contribution in [0.25, 0.3) is 21.9 Å². The monoisotopic (exact) mass is 672 g/mol. The third-order valence-corrected chi connectivity index (χ3v) is 9.05. The Labute approximate surface area is 271 Å². The van der Waals surface area contributed by atoms with E-state index in [1.54, 1.807) is 25.1 Å². The summed E-state index contributed by atoms with van der Waals surface area (Å²) in [4.78, 5) is 25.5. The number of aromatic nitrogens is 4. The number of carbonyl (C=O) groups excluding carboxylic acids is 1. The van der Waals surface area contributed by atoms with Crippen LogP contribution in [-0.2, 0) is 23.4 Å². The van der Waals surface area contributed by atoms with Gasteiger partial charge in [-0.1, -0.05) is 57.2 Å². The topological polar surface area (TPSA) is 202 Å². The summed E-state index contributed by atoms with van der Waals surface area (Å²) in [6.45, 7) is 10.3. The molecular formula is C31H41N6O9P.